The molecule has 1 aliphatic rings. The van der Waals surface area contributed by atoms with E-state index in [4.69, 9.17) is 9.47 Å². The molecule has 1 aromatic rings. The van der Waals surface area contributed by atoms with Crippen LogP contribution in [0.4, 0.5) is 0 Å². The van der Waals surface area contributed by atoms with E-state index in [1.165, 1.54) is 0 Å². The number of ether oxygens (including phenoxy) is 2. The van der Waals surface area contributed by atoms with E-state index >= 15 is 0 Å². The molecule has 1 aliphatic heterocycles. The van der Waals surface area contributed by atoms with Gasteiger partial charge in [0.1, 0.15) is 0 Å². The highest BCUT2D eigenvalue weighted by molar-refractivity contribution is 5.78. The fourth-order valence-corrected chi connectivity index (χ4v) is 2.56. The Kier molecular flexibility index (Phi) is 5.83. The minimum atomic E-state index is 0.00576. The third-order valence-corrected chi connectivity index (χ3v) is 3.78. The molecule has 1 N–H and O–H groups in total. The molecule has 0 unspecified atom stereocenters. The Morgan fingerprint density at radius 2 is 2.32 bits per heavy atom. The molecule has 0 saturated carbocycles. The molecule has 1 fully saturated rings. The van der Waals surface area contributed by atoms with Crippen molar-refractivity contribution in [1.29, 1.82) is 0 Å². The van der Waals surface area contributed by atoms with Crippen LogP contribution in [-0.4, -0.2) is 50.2 Å². The molecule has 0 aromatic heterocycles. The summed E-state index contributed by atoms with van der Waals surface area (Å²) in [5.74, 6) is 1.23. The summed E-state index contributed by atoms with van der Waals surface area (Å²) in [5.41, 5.74) is 1.10. The van der Waals surface area contributed by atoms with Gasteiger partial charge in [-0.05, 0) is 31.0 Å². The standard InChI is InChI=1S/C17H24N2O3/c1-4-5-14-6-7-15(16(10-14)21-3)22-12-17(20)19-9-8-18-11-13(19)2/h4,6-7,10,13,18H,1,5,8-9,11-12H2,2-3H3/t13-/m1/s1. The Bertz CT molecular complexity index is 531. The molecule has 1 saturated heterocycles. The van der Waals surface area contributed by atoms with Gasteiger partial charge in [-0.15, -0.1) is 6.58 Å². The van der Waals surface area contributed by atoms with Crippen LogP contribution in [-0.2, 0) is 11.2 Å². The van der Waals surface area contributed by atoms with E-state index in [2.05, 4.69) is 11.9 Å². The fourth-order valence-electron chi connectivity index (χ4n) is 2.56. The first-order valence-corrected chi connectivity index (χ1v) is 7.56. The maximum Gasteiger partial charge on any atom is 0.260 e. The molecule has 0 radical (unpaired) electrons. The van der Waals surface area contributed by atoms with Crippen LogP contribution in [0.1, 0.15) is 12.5 Å². The van der Waals surface area contributed by atoms with Crippen LogP contribution in [0, 0.1) is 0 Å². The number of nitrogens with zero attached hydrogens (tertiary/aromatic N) is 1. The third kappa shape index (κ3) is 4.01. The maximum absolute atomic E-state index is 12.3. The molecule has 2 rings (SSSR count). The second-order valence-corrected chi connectivity index (χ2v) is 5.41. The summed E-state index contributed by atoms with van der Waals surface area (Å²) < 4.78 is 11.0. The number of nitrogens with one attached hydrogen (secondary N) is 1. The van der Waals surface area contributed by atoms with E-state index in [-0.39, 0.29) is 18.6 Å². The molecule has 1 aromatic carbocycles. The van der Waals surface area contributed by atoms with Crippen molar-refractivity contribution in [3.8, 4) is 11.5 Å². The number of piperazine rings is 1. The molecule has 0 bridgehead atoms. The quantitative estimate of drug-likeness (QED) is 0.812. The molecule has 5 heteroatoms. The van der Waals surface area contributed by atoms with Crippen molar-refractivity contribution in [3.63, 3.8) is 0 Å². The SMILES string of the molecule is C=CCc1ccc(OCC(=O)N2CCNC[C@H]2C)c(OC)c1. The number of rotatable bonds is 6. The van der Waals surface area contributed by atoms with E-state index < -0.39 is 0 Å². The molecule has 120 valence electrons. The first-order chi connectivity index (χ1) is 10.7. The Hall–Kier alpha value is -2.01. The van der Waals surface area contributed by atoms with Crippen molar-refractivity contribution < 1.29 is 14.3 Å². The third-order valence-electron chi connectivity index (χ3n) is 3.78. The van der Waals surface area contributed by atoms with E-state index in [0.717, 1.165) is 31.6 Å². The van der Waals surface area contributed by atoms with Crippen LogP contribution < -0.4 is 14.8 Å². The number of allylic oxidation sites excluding steroid dienone is 1. The number of benzene rings is 1. The Morgan fingerprint density at radius 1 is 1.50 bits per heavy atom. The monoisotopic (exact) mass is 304 g/mol. The van der Waals surface area contributed by atoms with Gasteiger partial charge in [0.25, 0.3) is 5.91 Å². The highest BCUT2D eigenvalue weighted by atomic mass is 16.5. The van der Waals surface area contributed by atoms with Crippen molar-refractivity contribution in [2.24, 2.45) is 0 Å². The van der Waals surface area contributed by atoms with Crippen LogP contribution >= 0.6 is 0 Å². The van der Waals surface area contributed by atoms with Gasteiger partial charge in [0, 0.05) is 25.7 Å². The lowest BCUT2D eigenvalue weighted by atomic mass is 10.1. The summed E-state index contributed by atoms with van der Waals surface area (Å²) in [4.78, 5) is 14.1. The van der Waals surface area contributed by atoms with Gasteiger partial charge in [-0.25, -0.2) is 0 Å². The topological polar surface area (TPSA) is 50.8 Å². The van der Waals surface area contributed by atoms with Gasteiger partial charge in [0.15, 0.2) is 18.1 Å². The number of carbonyl (C=O) groups is 1. The van der Waals surface area contributed by atoms with E-state index in [1.807, 2.05) is 36.1 Å². The lowest BCUT2D eigenvalue weighted by Crippen LogP contribution is -2.53. The van der Waals surface area contributed by atoms with Crippen molar-refractivity contribution in [1.82, 2.24) is 10.2 Å². The van der Waals surface area contributed by atoms with Crippen molar-refractivity contribution in [3.05, 3.63) is 36.4 Å². The van der Waals surface area contributed by atoms with E-state index in [1.54, 1.807) is 7.11 Å². The number of hydrogen-bond donors (Lipinski definition) is 1. The van der Waals surface area contributed by atoms with Gasteiger partial charge in [0.05, 0.1) is 7.11 Å². The summed E-state index contributed by atoms with van der Waals surface area (Å²) in [6.45, 7) is 8.17. The average Bonchev–Trinajstić information content (AvgIpc) is 2.54. The second kappa shape index (κ2) is 7.84. The van der Waals surface area contributed by atoms with Crippen LogP contribution in [0.15, 0.2) is 30.9 Å². The smallest absolute Gasteiger partial charge is 0.260 e. The number of amides is 1. The van der Waals surface area contributed by atoms with Gasteiger partial charge < -0.3 is 19.7 Å². The molecule has 1 amide bonds. The molecule has 1 atom stereocenters. The zero-order chi connectivity index (χ0) is 15.9. The van der Waals surface area contributed by atoms with E-state index in [0.29, 0.717) is 11.5 Å². The summed E-state index contributed by atoms with van der Waals surface area (Å²) in [7, 11) is 1.60. The number of carbonyl (C=O) groups excluding carboxylic acids is 1. The zero-order valence-electron chi connectivity index (χ0n) is 13.3. The minimum Gasteiger partial charge on any atom is -0.493 e. The number of methoxy groups -OCH3 is 1. The zero-order valence-corrected chi connectivity index (χ0v) is 13.3. The van der Waals surface area contributed by atoms with Crippen molar-refractivity contribution in [2.45, 2.75) is 19.4 Å². The predicted molar refractivity (Wildman–Crippen MR) is 86.4 cm³/mol. The van der Waals surface area contributed by atoms with E-state index in [9.17, 15) is 4.79 Å². The van der Waals surface area contributed by atoms with Crippen LogP contribution in [0.2, 0.25) is 0 Å². The minimum absolute atomic E-state index is 0.00576. The van der Waals surface area contributed by atoms with Crippen LogP contribution in [0.3, 0.4) is 0 Å². The molecule has 22 heavy (non-hydrogen) atoms. The highest BCUT2D eigenvalue weighted by Crippen LogP contribution is 2.28. The van der Waals surface area contributed by atoms with Crippen molar-refractivity contribution in [2.75, 3.05) is 33.4 Å². The second-order valence-electron chi connectivity index (χ2n) is 5.41. The van der Waals surface area contributed by atoms with Gasteiger partial charge in [0.2, 0.25) is 0 Å². The molecule has 5 nitrogen and oxygen atoms in total. The Balaban J connectivity index is 1.98. The molecular formula is C17H24N2O3. The van der Waals surface area contributed by atoms with Gasteiger partial charge >= 0.3 is 0 Å². The first-order valence-electron chi connectivity index (χ1n) is 7.56. The fraction of sp³-hybridized carbons (Fsp3) is 0.471. The molecule has 1 heterocycles. The average molecular weight is 304 g/mol. The first kappa shape index (κ1) is 16.4. The lowest BCUT2D eigenvalue weighted by molar-refractivity contribution is -0.136. The maximum atomic E-state index is 12.3. The summed E-state index contributed by atoms with van der Waals surface area (Å²) in [5, 5.41) is 3.27. The van der Waals surface area contributed by atoms with Crippen molar-refractivity contribution >= 4 is 5.91 Å². The lowest BCUT2D eigenvalue weighted by Gasteiger charge is -2.33. The summed E-state index contributed by atoms with van der Waals surface area (Å²) in [6, 6.07) is 5.90. The Morgan fingerprint density at radius 3 is 3.00 bits per heavy atom. The molecule has 0 aliphatic carbocycles. The van der Waals surface area contributed by atoms with Gasteiger partial charge in [-0.3, -0.25) is 4.79 Å². The van der Waals surface area contributed by atoms with Crippen LogP contribution in [0.5, 0.6) is 11.5 Å². The largest absolute Gasteiger partial charge is 0.493 e. The number of hydrogen-bond acceptors (Lipinski definition) is 4. The highest BCUT2D eigenvalue weighted by Gasteiger charge is 2.23. The molecular weight excluding hydrogens is 280 g/mol. The van der Waals surface area contributed by atoms with Gasteiger partial charge in [-0.1, -0.05) is 12.1 Å². The molecule has 0 spiro atoms. The summed E-state index contributed by atoms with van der Waals surface area (Å²) >= 11 is 0. The van der Waals surface area contributed by atoms with Gasteiger partial charge in [-0.2, -0.15) is 0 Å². The normalized spacial score (nSPS) is 17.9. The van der Waals surface area contributed by atoms with Crippen LogP contribution in [0.25, 0.3) is 0 Å². The summed E-state index contributed by atoms with van der Waals surface area (Å²) in [6.07, 6.45) is 2.61. The predicted octanol–water partition coefficient (Wildman–Crippen LogP) is 1.62. The Labute approximate surface area is 131 Å².